The van der Waals surface area contributed by atoms with E-state index >= 15 is 0 Å². The Kier molecular flexibility index (Phi) is 9.78. The molecule has 8 heteroatoms. The molecule has 6 nitrogen and oxygen atoms in total. The number of carbonyl (C=O) groups excluding carboxylic acids is 1. The van der Waals surface area contributed by atoms with E-state index in [1.54, 1.807) is 24.3 Å². The second-order valence-corrected chi connectivity index (χ2v) is 11.6. The fraction of sp³-hybridized carbons (Fsp3) is 0.444. The van der Waals surface area contributed by atoms with Gasteiger partial charge >= 0.3 is 0 Å². The smallest absolute Gasteiger partial charge is 0.286 e. The van der Waals surface area contributed by atoms with Crippen LogP contribution >= 0.6 is 11.6 Å². The number of nitrogens with zero attached hydrogens (tertiary/aromatic N) is 1. The van der Waals surface area contributed by atoms with Crippen LogP contribution in [-0.4, -0.2) is 29.0 Å². The SMILES string of the molecule is C=CCC(C)CS(N)(=O)=NC(=O)c1ccc2c(c1)NC[C@@H](CCCc1cc(Cl)ccc1CC)CO2. The lowest BCUT2D eigenvalue weighted by atomic mass is 9.96. The lowest BCUT2D eigenvalue weighted by molar-refractivity contribution is 0.100. The number of rotatable bonds is 10. The first kappa shape index (κ1) is 27.2. The Labute approximate surface area is 214 Å². The summed E-state index contributed by atoms with van der Waals surface area (Å²) >= 11 is 6.19. The lowest BCUT2D eigenvalue weighted by Gasteiger charge is -2.15. The van der Waals surface area contributed by atoms with Crippen LogP contribution in [0.5, 0.6) is 5.75 Å². The predicted octanol–water partition coefficient (Wildman–Crippen LogP) is 6.04. The van der Waals surface area contributed by atoms with Gasteiger partial charge in [0.05, 0.1) is 12.3 Å². The number of nitrogens with one attached hydrogen (secondary N) is 1. The highest BCUT2D eigenvalue weighted by Crippen LogP contribution is 2.30. The van der Waals surface area contributed by atoms with Gasteiger partial charge in [0.25, 0.3) is 5.91 Å². The average molecular weight is 518 g/mol. The molecule has 1 aliphatic rings. The fourth-order valence-corrected chi connectivity index (χ4v) is 5.98. The Morgan fingerprint density at radius 1 is 1.34 bits per heavy atom. The number of anilines is 1. The summed E-state index contributed by atoms with van der Waals surface area (Å²) < 4.78 is 22.5. The van der Waals surface area contributed by atoms with E-state index in [1.165, 1.54) is 11.1 Å². The number of hydrogen-bond donors (Lipinski definition) is 2. The van der Waals surface area contributed by atoms with Gasteiger partial charge in [0.2, 0.25) is 0 Å². The van der Waals surface area contributed by atoms with Gasteiger partial charge in [-0.15, -0.1) is 10.9 Å². The zero-order chi connectivity index (χ0) is 25.4. The van der Waals surface area contributed by atoms with Gasteiger partial charge in [0.15, 0.2) is 0 Å². The van der Waals surface area contributed by atoms with Crippen LogP contribution in [-0.2, 0) is 22.8 Å². The Morgan fingerprint density at radius 3 is 2.89 bits per heavy atom. The van der Waals surface area contributed by atoms with Gasteiger partial charge in [-0.1, -0.05) is 37.6 Å². The molecule has 3 atom stereocenters. The molecule has 2 aromatic carbocycles. The predicted molar refractivity (Wildman–Crippen MR) is 146 cm³/mol. The molecular weight excluding hydrogens is 482 g/mol. The number of halogens is 1. The highest BCUT2D eigenvalue weighted by molar-refractivity contribution is 7.91. The number of nitrogens with two attached hydrogens (primary N) is 1. The summed E-state index contributed by atoms with van der Waals surface area (Å²) in [6.45, 7) is 9.09. The minimum Gasteiger partial charge on any atom is -0.491 e. The van der Waals surface area contributed by atoms with Crippen molar-refractivity contribution in [3.63, 3.8) is 0 Å². The Balaban J connectivity index is 1.60. The maximum Gasteiger partial charge on any atom is 0.286 e. The van der Waals surface area contributed by atoms with Crippen molar-refractivity contribution in [1.82, 2.24) is 0 Å². The van der Waals surface area contributed by atoms with Crippen molar-refractivity contribution in [3.05, 3.63) is 70.8 Å². The van der Waals surface area contributed by atoms with E-state index < -0.39 is 15.8 Å². The Bertz CT molecular complexity index is 1170. The second kappa shape index (κ2) is 12.6. The van der Waals surface area contributed by atoms with Crippen LogP contribution in [0.4, 0.5) is 5.69 Å². The summed E-state index contributed by atoms with van der Waals surface area (Å²) in [7, 11) is -3.11. The summed E-state index contributed by atoms with van der Waals surface area (Å²) in [5.41, 5.74) is 3.73. The zero-order valence-electron chi connectivity index (χ0n) is 20.6. The van der Waals surface area contributed by atoms with Crippen molar-refractivity contribution < 1.29 is 13.7 Å². The number of allylic oxidation sites excluding steroid dienone is 1. The van der Waals surface area contributed by atoms with E-state index in [2.05, 4.69) is 35.3 Å². The number of carbonyl (C=O) groups is 1. The summed E-state index contributed by atoms with van der Waals surface area (Å²) in [6.07, 6.45) is 6.44. The van der Waals surface area contributed by atoms with Gasteiger partial charge in [-0.25, -0.2) is 9.35 Å². The molecule has 0 saturated carbocycles. The lowest BCUT2D eigenvalue weighted by Crippen LogP contribution is -2.23. The summed E-state index contributed by atoms with van der Waals surface area (Å²) in [5.74, 6) is 0.632. The molecule has 0 saturated heterocycles. The molecule has 190 valence electrons. The van der Waals surface area contributed by atoms with E-state index in [-0.39, 0.29) is 11.7 Å². The van der Waals surface area contributed by atoms with Crippen molar-refractivity contribution >= 4 is 33.1 Å². The highest BCUT2D eigenvalue weighted by Gasteiger charge is 2.19. The van der Waals surface area contributed by atoms with Crippen LogP contribution in [0.1, 0.15) is 54.6 Å². The number of ether oxygens (including phenoxy) is 1. The topological polar surface area (TPSA) is 93.8 Å². The van der Waals surface area contributed by atoms with Crippen LogP contribution in [0.3, 0.4) is 0 Å². The molecule has 1 amide bonds. The third-order valence-electron chi connectivity index (χ3n) is 6.22. The summed E-state index contributed by atoms with van der Waals surface area (Å²) in [4.78, 5) is 12.7. The van der Waals surface area contributed by atoms with E-state index in [4.69, 9.17) is 21.5 Å². The van der Waals surface area contributed by atoms with Crippen LogP contribution in [0.15, 0.2) is 53.4 Å². The van der Waals surface area contributed by atoms with Gasteiger partial charge in [-0.2, -0.15) is 0 Å². The normalized spacial score (nSPS) is 17.7. The first-order chi connectivity index (χ1) is 16.7. The van der Waals surface area contributed by atoms with Crippen molar-refractivity contribution in [2.24, 2.45) is 21.3 Å². The quantitative estimate of drug-likeness (QED) is 0.375. The number of amides is 1. The maximum atomic E-state index is 12.7. The second-order valence-electron chi connectivity index (χ2n) is 9.31. The Morgan fingerprint density at radius 2 is 2.14 bits per heavy atom. The van der Waals surface area contributed by atoms with Crippen LogP contribution in [0.25, 0.3) is 0 Å². The standard InChI is InChI=1S/C27H36ClN3O3S/c1-4-7-19(3)18-35(29,33)31-27(32)23-11-13-26-25(15-23)30-16-20(17-34-26)8-6-9-22-14-24(28)12-10-21(22)5-2/h4,10-15,19-20,30H,1,5-9,16-18H2,2-3H3,(H2,29,31,32,33)/t19?,20-,35?/m1/s1. The fourth-order valence-electron chi connectivity index (χ4n) is 4.38. The molecule has 2 aromatic rings. The molecule has 0 fully saturated rings. The molecule has 2 unspecified atom stereocenters. The molecule has 35 heavy (non-hydrogen) atoms. The molecule has 3 rings (SSSR count). The van der Waals surface area contributed by atoms with E-state index in [9.17, 15) is 9.00 Å². The van der Waals surface area contributed by atoms with Crippen molar-refractivity contribution in [3.8, 4) is 5.75 Å². The molecular formula is C27H36ClN3O3S. The van der Waals surface area contributed by atoms with Crippen molar-refractivity contribution in [2.75, 3.05) is 24.2 Å². The number of fused-ring (bicyclic) bond motifs is 1. The average Bonchev–Trinajstić information content (AvgIpc) is 3.00. The first-order valence-electron chi connectivity index (χ1n) is 12.2. The third-order valence-corrected chi connectivity index (χ3v) is 7.98. The number of benzene rings is 2. The van der Waals surface area contributed by atoms with Gasteiger partial charge < -0.3 is 10.1 Å². The molecule has 3 N–H and O–H groups in total. The Hall–Kier alpha value is -2.35. The largest absolute Gasteiger partial charge is 0.491 e. The van der Waals surface area contributed by atoms with E-state index in [0.29, 0.717) is 30.3 Å². The molecule has 1 aliphatic heterocycles. The molecule has 0 spiro atoms. The minimum absolute atomic E-state index is 0.0352. The first-order valence-corrected chi connectivity index (χ1v) is 14.3. The molecule has 0 bridgehead atoms. The number of aryl methyl sites for hydroxylation is 2. The number of hydrogen-bond acceptors (Lipinski definition) is 4. The highest BCUT2D eigenvalue weighted by atomic mass is 35.5. The summed E-state index contributed by atoms with van der Waals surface area (Å²) in [6, 6.07) is 11.2. The van der Waals surface area contributed by atoms with Gasteiger partial charge in [0.1, 0.15) is 15.7 Å². The van der Waals surface area contributed by atoms with Gasteiger partial charge in [-0.05, 0) is 79.5 Å². The van der Waals surface area contributed by atoms with E-state index in [1.807, 2.05) is 13.0 Å². The van der Waals surface area contributed by atoms with Crippen LogP contribution in [0.2, 0.25) is 5.02 Å². The molecule has 0 aliphatic carbocycles. The minimum atomic E-state index is -3.11. The molecule has 0 radical (unpaired) electrons. The van der Waals surface area contributed by atoms with Crippen LogP contribution in [0, 0.1) is 11.8 Å². The van der Waals surface area contributed by atoms with Crippen molar-refractivity contribution in [1.29, 1.82) is 0 Å². The molecule has 0 aromatic heterocycles. The monoisotopic (exact) mass is 517 g/mol. The van der Waals surface area contributed by atoms with E-state index in [0.717, 1.165) is 42.9 Å². The van der Waals surface area contributed by atoms with Gasteiger partial charge in [0, 0.05) is 28.8 Å². The van der Waals surface area contributed by atoms with Crippen LogP contribution < -0.4 is 15.2 Å². The maximum absolute atomic E-state index is 12.7. The molecule has 1 heterocycles. The third kappa shape index (κ3) is 8.09. The van der Waals surface area contributed by atoms with Crippen molar-refractivity contribution in [2.45, 2.75) is 46.0 Å². The van der Waals surface area contributed by atoms with Gasteiger partial charge in [-0.3, -0.25) is 4.79 Å². The zero-order valence-corrected chi connectivity index (χ0v) is 22.2. The summed E-state index contributed by atoms with van der Waals surface area (Å²) in [5, 5.41) is 10.0.